The summed E-state index contributed by atoms with van der Waals surface area (Å²) in [5.41, 5.74) is 1.24. The molecule has 0 amide bonds. The molecule has 19 heavy (non-hydrogen) atoms. The fraction of sp³-hybridized carbons (Fsp3) is 0.625. The smallest absolute Gasteiger partial charge is 0.0832 e. The first-order valence-corrected chi connectivity index (χ1v) is 7.97. The molecule has 0 radical (unpaired) electrons. The molecule has 1 aromatic carbocycles. The second kappa shape index (κ2) is 8.03. The molecule has 0 fully saturated rings. The highest BCUT2D eigenvalue weighted by Gasteiger charge is 2.35. The van der Waals surface area contributed by atoms with Crippen molar-refractivity contribution < 1.29 is 4.74 Å². The molecular formula is C16H26BrNO. The minimum Gasteiger partial charge on any atom is -0.374 e. The molecule has 108 valence electrons. The second-order valence-electron chi connectivity index (χ2n) is 4.84. The minimum atomic E-state index is -0.0845. The summed E-state index contributed by atoms with van der Waals surface area (Å²) in [7, 11) is 2.03. The van der Waals surface area contributed by atoms with Gasteiger partial charge in [-0.3, -0.25) is 0 Å². The molecule has 1 rings (SSSR count). The van der Waals surface area contributed by atoms with Gasteiger partial charge in [0.1, 0.15) is 0 Å². The quantitative estimate of drug-likeness (QED) is 0.773. The van der Waals surface area contributed by atoms with Crippen molar-refractivity contribution in [3.8, 4) is 0 Å². The summed E-state index contributed by atoms with van der Waals surface area (Å²) in [6.45, 7) is 7.26. The summed E-state index contributed by atoms with van der Waals surface area (Å²) in [6.07, 6.45) is 3.01. The van der Waals surface area contributed by atoms with Gasteiger partial charge in [-0.15, -0.1) is 0 Å². The Balaban J connectivity index is 2.95. The molecule has 1 aromatic rings. The van der Waals surface area contributed by atoms with Crippen molar-refractivity contribution in [3.05, 3.63) is 34.3 Å². The highest BCUT2D eigenvalue weighted by molar-refractivity contribution is 9.10. The van der Waals surface area contributed by atoms with Gasteiger partial charge in [0.2, 0.25) is 0 Å². The van der Waals surface area contributed by atoms with Crippen molar-refractivity contribution >= 4 is 15.9 Å². The van der Waals surface area contributed by atoms with Crippen LogP contribution in [0.1, 0.15) is 39.2 Å². The van der Waals surface area contributed by atoms with Crippen molar-refractivity contribution in [2.75, 3.05) is 13.7 Å². The summed E-state index contributed by atoms with van der Waals surface area (Å²) in [5.74, 6) is 0. The second-order valence-corrected chi connectivity index (χ2v) is 5.70. The van der Waals surface area contributed by atoms with E-state index >= 15 is 0 Å². The average molecular weight is 328 g/mol. The summed E-state index contributed by atoms with van der Waals surface area (Å²) < 4.78 is 7.29. The van der Waals surface area contributed by atoms with Crippen LogP contribution in [-0.2, 0) is 11.2 Å². The molecule has 0 aliphatic carbocycles. The number of halogens is 1. The maximum Gasteiger partial charge on any atom is 0.0832 e. The molecule has 0 aliphatic heterocycles. The van der Waals surface area contributed by atoms with Crippen LogP contribution in [0.4, 0.5) is 0 Å². The third-order valence-corrected chi connectivity index (χ3v) is 4.77. The van der Waals surface area contributed by atoms with Crippen LogP contribution in [0.2, 0.25) is 0 Å². The van der Waals surface area contributed by atoms with Crippen LogP contribution in [0.3, 0.4) is 0 Å². The monoisotopic (exact) mass is 327 g/mol. The van der Waals surface area contributed by atoms with E-state index in [1.807, 2.05) is 7.05 Å². The first kappa shape index (κ1) is 16.7. The first-order chi connectivity index (χ1) is 9.13. The Morgan fingerprint density at radius 3 is 2.32 bits per heavy atom. The summed E-state index contributed by atoms with van der Waals surface area (Å²) in [6, 6.07) is 8.74. The normalized spacial score (nSPS) is 13.5. The molecule has 2 nitrogen and oxygen atoms in total. The van der Waals surface area contributed by atoms with E-state index in [2.05, 4.69) is 66.3 Å². The predicted molar refractivity (Wildman–Crippen MR) is 85.6 cm³/mol. The van der Waals surface area contributed by atoms with Crippen LogP contribution < -0.4 is 5.32 Å². The van der Waals surface area contributed by atoms with E-state index in [0.717, 1.165) is 25.9 Å². The average Bonchev–Trinajstić information content (AvgIpc) is 2.44. The largest absolute Gasteiger partial charge is 0.374 e. The molecule has 0 aromatic heterocycles. The SMILES string of the molecule is CCOC(CC)(CC)C(Cc1ccccc1Br)NC. The van der Waals surface area contributed by atoms with Crippen molar-refractivity contribution in [2.45, 2.75) is 51.7 Å². The van der Waals surface area contributed by atoms with E-state index in [4.69, 9.17) is 4.74 Å². The summed E-state index contributed by atoms with van der Waals surface area (Å²) in [4.78, 5) is 0. The first-order valence-electron chi connectivity index (χ1n) is 7.18. The van der Waals surface area contributed by atoms with Crippen LogP contribution >= 0.6 is 15.9 Å². The predicted octanol–water partition coefficient (Wildman–Crippen LogP) is 4.17. The molecular weight excluding hydrogens is 302 g/mol. The van der Waals surface area contributed by atoms with Gasteiger partial charge in [0.15, 0.2) is 0 Å². The minimum absolute atomic E-state index is 0.0845. The zero-order valence-electron chi connectivity index (χ0n) is 12.5. The Labute approximate surface area is 126 Å². The van der Waals surface area contributed by atoms with Crippen LogP contribution in [0, 0.1) is 0 Å². The van der Waals surface area contributed by atoms with Gasteiger partial charge >= 0.3 is 0 Å². The third-order valence-electron chi connectivity index (χ3n) is 3.99. The molecule has 1 atom stereocenters. The lowest BCUT2D eigenvalue weighted by atomic mass is 9.84. The van der Waals surface area contributed by atoms with E-state index in [1.165, 1.54) is 10.0 Å². The Kier molecular flexibility index (Phi) is 7.05. The molecule has 0 aliphatic rings. The number of rotatable bonds is 8. The summed E-state index contributed by atoms with van der Waals surface area (Å²) in [5, 5.41) is 3.46. The van der Waals surface area contributed by atoms with E-state index in [-0.39, 0.29) is 5.60 Å². The maximum atomic E-state index is 6.12. The molecule has 0 bridgehead atoms. The number of benzene rings is 1. The molecule has 0 saturated heterocycles. The Bertz CT molecular complexity index is 377. The molecule has 3 heteroatoms. The standard InChI is InChI=1S/C16H26BrNO/c1-5-16(6-2,19-7-3)15(18-4)12-13-10-8-9-11-14(13)17/h8-11,15,18H,5-7,12H2,1-4H3. The Hall–Kier alpha value is -0.380. The highest BCUT2D eigenvalue weighted by Crippen LogP contribution is 2.29. The fourth-order valence-corrected chi connectivity index (χ4v) is 3.22. The van der Waals surface area contributed by atoms with Crippen LogP contribution in [0.15, 0.2) is 28.7 Å². The number of ether oxygens (including phenoxy) is 1. The summed E-state index contributed by atoms with van der Waals surface area (Å²) >= 11 is 3.63. The zero-order valence-corrected chi connectivity index (χ0v) is 14.1. The molecule has 0 saturated carbocycles. The van der Waals surface area contributed by atoms with E-state index in [0.29, 0.717) is 6.04 Å². The lowest BCUT2D eigenvalue weighted by molar-refractivity contribution is -0.0704. The maximum absolute atomic E-state index is 6.12. The van der Waals surface area contributed by atoms with Crippen molar-refractivity contribution in [1.82, 2.24) is 5.32 Å². The number of hydrogen-bond acceptors (Lipinski definition) is 2. The van der Waals surface area contributed by atoms with Crippen molar-refractivity contribution in [3.63, 3.8) is 0 Å². The van der Waals surface area contributed by atoms with E-state index in [9.17, 15) is 0 Å². The van der Waals surface area contributed by atoms with Gasteiger partial charge in [0.25, 0.3) is 0 Å². The van der Waals surface area contributed by atoms with Crippen molar-refractivity contribution in [1.29, 1.82) is 0 Å². The topological polar surface area (TPSA) is 21.3 Å². The van der Waals surface area contributed by atoms with Gasteiger partial charge in [-0.1, -0.05) is 48.0 Å². The molecule has 0 heterocycles. The number of hydrogen-bond donors (Lipinski definition) is 1. The van der Waals surface area contributed by atoms with Gasteiger partial charge < -0.3 is 10.1 Å². The third kappa shape index (κ3) is 4.04. The fourth-order valence-electron chi connectivity index (χ4n) is 2.77. The van der Waals surface area contributed by atoms with E-state index < -0.39 is 0 Å². The highest BCUT2D eigenvalue weighted by atomic mass is 79.9. The van der Waals surface area contributed by atoms with Gasteiger partial charge in [-0.25, -0.2) is 0 Å². The van der Waals surface area contributed by atoms with Crippen molar-refractivity contribution in [2.24, 2.45) is 0 Å². The van der Waals surface area contributed by atoms with E-state index in [1.54, 1.807) is 0 Å². The van der Waals surface area contributed by atoms with Gasteiger partial charge in [-0.2, -0.15) is 0 Å². The van der Waals surface area contributed by atoms with Crippen LogP contribution in [0.25, 0.3) is 0 Å². The zero-order chi connectivity index (χ0) is 14.3. The molecule has 1 unspecified atom stereocenters. The number of nitrogens with one attached hydrogen (secondary N) is 1. The van der Waals surface area contributed by atoms with Crippen LogP contribution in [0.5, 0.6) is 0 Å². The van der Waals surface area contributed by atoms with Gasteiger partial charge in [-0.05, 0) is 44.9 Å². The Morgan fingerprint density at radius 2 is 1.84 bits per heavy atom. The molecule has 0 spiro atoms. The lowest BCUT2D eigenvalue weighted by Crippen LogP contribution is -2.52. The van der Waals surface area contributed by atoms with Crippen LogP contribution in [-0.4, -0.2) is 25.3 Å². The number of likely N-dealkylation sites (N-methyl/N-ethyl adjacent to an activating group) is 1. The lowest BCUT2D eigenvalue weighted by Gasteiger charge is -2.39. The van der Waals surface area contributed by atoms with Gasteiger partial charge in [0, 0.05) is 17.1 Å². The molecule has 1 N–H and O–H groups in total. The Morgan fingerprint density at radius 1 is 1.21 bits per heavy atom. The van der Waals surface area contributed by atoms with Gasteiger partial charge in [0.05, 0.1) is 5.60 Å².